The molecule has 1 aliphatic rings. The van der Waals surface area contributed by atoms with Crippen LogP contribution in [-0.4, -0.2) is 13.7 Å². The predicted molar refractivity (Wildman–Crippen MR) is 51.3 cm³/mol. The van der Waals surface area contributed by atoms with Gasteiger partial charge in [0.05, 0.1) is 18.3 Å². The van der Waals surface area contributed by atoms with Gasteiger partial charge >= 0.3 is 6.18 Å². The van der Waals surface area contributed by atoms with E-state index < -0.39 is 11.7 Å². The second kappa shape index (κ2) is 3.97. The number of ether oxygens (including phenoxy) is 2. The van der Waals surface area contributed by atoms with Crippen molar-refractivity contribution in [2.75, 3.05) is 13.7 Å². The first-order chi connectivity index (χ1) is 7.54. The molecule has 0 radical (unpaired) electrons. The summed E-state index contributed by atoms with van der Waals surface area (Å²) in [5.74, 6) is -0.0897. The summed E-state index contributed by atoms with van der Waals surface area (Å²) in [7, 11) is 1.49. The Kier molecular flexibility index (Phi) is 2.80. The highest BCUT2D eigenvalue weighted by atomic mass is 19.4. The highest BCUT2D eigenvalue weighted by molar-refractivity contribution is 5.45. The average Bonchev–Trinajstić information content (AvgIpc) is 2.26. The van der Waals surface area contributed by atoms with Crippen molar-refractivity contribution in [1.82, 2.24) is 0 Å². The molecule has 0 bridgehead atoms. The van der Waals surface area contributed by atoms with E-state index >= 15 is 0 Å². The van der Waals surface area contributed by atoms with Gasteiger partial charge in [-0.1, -0.05) is 12.1 Å². The zero-order valence-electron chi connectivity index (χ0n) is 8.67. The molecule has 16 heavy (non-hydrogen) atoms. The molecule has 0 aliphatic carbocycles. The first-order valence-electron chi connectivity index (χ1n) is 4.89. The summed E-state index contributed by atoms with van der Waals surface area (Å²) < 4.78 is 48.3. The van der Waals surface area contributed by atoms with E-state index in [4.69, 9.17) is 9.47 Å². The Bertz CT molecular complexity index is 387. The van der Waals surface area contributed by atoms with Crippen LogP contribution in [0, 0.1) is 0 Å². The lowest BCUT2D eigenvalue weighted by Crippen LogP contribution is -2.19. The van der Waals surface area contributed by atoms with E-state index in [0.717, 1.165) is 6.07 Å². The molecule has 0 saturated heterocycles. The normalized spacial score (nSPS) is 20.1. The van der Waals surface area contributed by atoms with E-state index in [0.29, 0.717) is 12.0 Å². The van der Waals surface area contributed by atoms with Gasteiger partial charge in [0.25, 0.3) is 0 Å². The van der Waals surface area contributed by atoms with Crippen LogP contribution >= 0.6 is 0 Å². The van der Waals surface area contributed by atoms with Crippen LogP contribution in [0.25, 0.3) is 0 Å². The lowest BCUT2D eigenvalue weighted by molar-refractivity contribution is -0.139. The summed E-state index contributed by atoms with van der Waals surface area (Å²) in [5.41, 5.74) is -0.254. The molecule has 0 aromatic heterocycles. The molecule has 88 valence electrons. The Morgan fingerprint density at radius 2 is 2.12 bits per heavy atom. The largest absolute Gasteiger partial charge is 0.492 e. The molecule has 1 heterocycles. The second-order valence-corrected chi connectivity index (χ2v) is 3.58. The number of fused-ring (bicyclic) bond motifs is 1. The topological polar surface area (TPSA) is 18.5 Å². The minimum atomic E-state index is -4.39. The van der Waals surface area contributed by atoms with Crippen LogP contribution in [0.15, 0.2) is 18.2 Å². The molecule has 5 heteroatoms. The lowest BCUT2D eigenvalue weighted by atomic mass is 9.99. The van der Waals surface area contributed by atoms with E-state index in [1.54, 1.807) is 6.07 Å². The third-order valence-corrected chi connectivity index (χ3v) is 2.61. The van der Waals surface area contributed by atoms with Gasteiger partial charge in [0, 0.05) is 19.1 Å². The van der Waals surface area contributed by atoms with Gasteiger partial charge in [0.1, 0.15) is 5.75 Å². The van der Waals surface area contributed by atoms with Crippen molar-refractivity contribution in [2.24, 2.45) is 0 Å². The number of halogens is 3. The van der Waals surface area contributed by atoms with E-state index in [9.17, 15) is 13.2 Å². The minimum absolute atomic E-state index is 0.0897. The second-order valence-electron chi connectivity index (χ2n) is 3.58. The summed E-state index contributed by atoms with van der Waals surface area (Å²) in [6, 6.07) is 4.01. The maximum atomic E-state index is 12.7. The number of benzene rings is 1. The molecule has 1 aromatic rings. The molecule has 0 N–H and O–H groups in total. The number of methoxy groups -OCH3 is 1. The molecule has 2 rings (SSSR count). The van der Waals surface area contributed by atoms with Crippen LogP contribution in [0.1, 0.15) is 23.7 Å². The van der Waals surface area contributed by atoms with Gasteiger partial charge in [0.2, 0.25) is 0 Å². The van der Waals surface area contributed by atoms with Crippen molar-refractivity contribution in [2.45, 2.75) is 18.7 Å². The van der Waals surface area contributed by atoms with Gasteiger partial charge in [-0.3, -0.25) is 0 Å². The standard InChI is InChI=1S/C11H11F3O2/c1-15-9-5-6-16-10-7(9)3-2-4-8(10)11(12,13)14/h2-4,9H,5-6H2,1H3. The monoisotopic (exact) mass is 232 g/mol. The zero-order chi connectivity index (χ0) is 11.8. The van der Waals surface area contributed by atoms with Gasteiger partial charge in [0.15, 0.2) is 0 Å². The van der Waals surface area contributed by atoms with Crippen molar-refractivity contribution in [3.8, 4) is 5.75 Å². The lowest BCUT2D eigenvalue weighted by Gasteiger charge is -2.27. The first-order valence-corrected chi connectivity index (χ1v) is 4.89. The number of alkyl halides is 3. The van der Waals surface area contributed by atoms with Gasteiger partial charge in [-0.05, 0) is 6.07 Å². The predicted octanol–water partition coefficient (Wildman–Crippen LogP) is 3.18. The van der Waals surface area contributed by atoms with Crippen molar-refractivity contribution in [1.29, 1.82) is 0 Å². The fourth-order valence-electron chi connectivity index (χ4n) is 1.86. The van der Waals surface area contributed by atoms with Gasteiger partial charge in [-0.2, -0.15) is 13.2 Å². The SMILES string of the molecule is COC1CCOc2c1cccc2C(F)(F)F. The molecule has 1 aliphatic heterocycles. The van der Waals surface area contributed by atoms with Crippen LogP contribution < -0.4 is 4.74 Å². The van der Waals surface area contributed by atoms with E-state index in [-0.39, 0.29) is 18.5 Å². The van der Waals surface area contributed by atoms with Crippen LogP contribution in [0.5, 0.6) is 5.75 Å². The Morgan fingerprint density at radius 1 is 1.38 bits per heavy atom. The fourth-order valence-corrected chi connectivity index (χ4v) is 1.86. The summed E-state index contributed by atoms with van der Waals surface area (Å²) in [4.78, 5) is 0. The minimum Gasteiger partial charge on any atom is -0.492 e. The van der Waals surface area contributed by atoms with E-state index in [1.807, 2.05) is 0 Å². The Hall–Kier alpha value is -1.23. The Balaban J connectivity index is 2.51. The Labute approximate surface area is 91.0 Å². The molecule has 1 aromatic carbocycles. The van der Waals surface area contributed by atoms with Gasteiger partial charge < -0.3 is 9.47 Å². The Morgan fingerprint density at radius 3 is 2.75 bits per heavy atom. The van der Waals surface area contributed by atoms with Crippen molar-refractivity contribution >= 4 is 0 Å². The average molecular weight is 232 g/mol. The molecule has 1 atom stereocenters. The molecular weight excluding hydrogens is 221 g/mol. The fraction of sp³-hybridized carbons (Fsp3) is 0.455. The van der Waals surface area contributed by atoms with Crippen molar-refractivity contribution in [3.05, 3.63) is 29.3 Å². The van der Waals surface area contributed by atoms with Gasteiger partial charge in [-0.15, -0.1) is 0 Å². The van der Waals surface area contributed by atoms with E-state index in [2.05, 4.69) is 0 Å². The number of para-hydroxylation sites is 1. The van der Waals surface area contributed by atoms with Crippen molar-refractivity contribution < 1.29 is 22.6 Å². The van der Waals surface area contributed by atoms with Crippen LogP contribution in [0.3, 0.4) is 0 Å². The summed E-state index contributed by atoms with van der Waals surface area (Å²) >= 11 is 0. The van der Waals surface area contributed by atoms with Crippen molar-refractivity contribution in [3.63, 3.8) is 0 Å². The first kappa shape index (κ1) is 11.3. The number of rotatable bonds is 1. The maximum absolute atomic E-state index is 12.7. The summed E-state index contributed by atoms with van der Waals surface area (Å²) in [6.45, 7) is 0.249. The molecule has 2 nitrogen and oxygen atoms in total. The quantitative estimate of drug-likeness (QED) is 0.740. The van der Waals surface area contributed by atoms with Crippen LogP contribution in [0.2, 0.25) is 0 Å². The number of hydrogen-bond donors (Lipinski definition) is 0. The number of hydrogen-bond acceptors (Lipinski definition) is 2. The highest BCUT2D eigenvalue weighted by Gasteiger charge is 2.37. The molecule has 0 fully saturated rings. The highest BCUT2D eigenvalue weighted by Crippen LogP contribution is 2.43. The van der Waals surface area contributed by atoms with Gasteiger partial charge in [-0.25, -0.2) is 0 Å². The summed E-state index contributed by atoms with van der Waals surface area (Å²) in [5, 5.41) is 0. The van der Waals surface area contributed by atoms with E-state index in [1.165, 1.54) is 13.2 Å². The third-order valence-electron chi connectivity index (χ3n) is 2.61. The van der Waals surface area contributed by atoms with Crippen LogP contribution in [0.4, 0.5) is 13.2 Å². The maximum Gasteiger partial charge on any atom is 0.419 e. The zero-order valence-corrected chi connectivity index (χ0v) is 8.67. The van der Waals surface area contributed by atoms with Crippen LogP contribution in [-0.2, 0) is 10.9 Å². The molecular formula is C11H11F3O2. The molecule has 1 unspecified atom stereocenters. The molecule has 0 spiro atoms. The molecule has 0 saturated carbocycles. The third kappa shape index (κ3) is 1.87. The smallest absolute Gasteiger partial charge is 0.419 e. The molecule has 0 amide bonds. The summed E-state index contributed by atoms with van der Waals surface area (Å²) in [6.07, 6.45) is -4.13.